The normalized spacial score (nSPS) is 16.2. The van der Waals surface area contributed by atoms with Gasteiger partial charge in [-0.3, -0.25) is 0 Å². The fraction of sp³-hybridized carbons (Fsp3) is 0.900. The van der Waals surface area contributed by atoms with Crippen LogP contribution in [0.15, 0.2) is 23.8 Å². The molecule has 5 unspecified atom stereocenters. The number of allylic oxidation sites excluding steroid dienone is 2. The third kappa shape index (κ3) is 25.6. The lowest BCUT2D eigenvalue weighted by Gasteiger charge is -2.18. The van der Waals surface area contributed by atoms with Crippen molar-refractivity contribution in [3.05, 3.63) is 23.8 Å². The zero-order chi connectivity index (χ0) is 31.0. The summed E-state index contributed by atoms with van der Waals surface area (Å²) in [4.78, 5) is 0. The molecule has 1 N–H and O–H groups in total. The van der Waals surface area contributed by atoms with E-state index in [0.717, 1.165) is 48.3 Å². The van der Waals surface area contributed by atoms with Crippen LogP contribution in [0.2, 0.25) is 0 Å². The molecule has 0 aromatic rings. The van der Waals surface area contributed by atoms with E-state index in [0.29, 0.717) is 0 Å². The number of rotatable bonds is 28. The van der Waals surface area contributed by atoms with Gasteiger partial charge in [0.2, 0.25) is 0 Å². The van der Waals surface area contributed by atoms with Crippen molar-refractivity contribution in [2.45, 2.75) is 184 Å². The lowest BCUT2D eigenvalue weighted by molar-refractivity contribution is 0.244. The zero-order valence-corrected chi connectivity index (χ0v) is 29.9. The highest BCUT2D eigenvalue weighted by Gasteiger charge is 2.12. The Kier molecular flexibility index (Phi) is 25.5. The van der Waals surface area contributed by atoms with Crippen molar-refractivity contribution < 1.29 is 5.11 Å². The first-order valence-electron chi connectivity index (χ1n) is 18.4. The molecule has 0 aliphatic heterocycles. The van der Waals surface area contributed by atoms with E-state index in [1.807, 2.05) is 0 Å². The molecule has 0 amide bonds. The Labute approximate surface area is 260 Å². The highest BCUT2D eigenvalue weighted by Crippen LogP contribution is 2.26. The van der Waals surface area contributed by atoms with Crippen LogP contribution < -0.4 is 0 Å². The average Bonchev–Trinajstić information content (AvgIpc) is 2.88. The molecule has 0 saturated heterocycles. The van der Waals surface area contributed by atoms with Crippen LogP contribution in [-0.2, 0) is 0 Å². The summed E-state index contributed by atoms with van der Waals surface area (Å²) < 4.78 is 0. The monoisotopic (exact) mass is 575 g/mol. The molecule has 0 aliphatic carbocycles. The van der Waals surface area contributed by atoms with Gasteiger partial charge in [0, 0.05) is 12.5 Å². The molecular formula is C40H78O. The smallest absolute Gasteiger partial charge is 0.0499 e. The Morgan fingerprint density at radius 1 is 0.537 bits per heavy atom. The predicted octanol–water partition coefficient (Wildman–Crippen LogP) is 13.4. The summed E-state index contributed by atoms with van der Waals surface area (Å²) in [6, 6.07) is 0. The molecule has 1 nitrogen and oxygen atoms in total. The van der Waals surface area contributed by atoms with Gasteiger partial charge in [-0.05, 0) is 74.5 Å². The Hall–Kier alpha value is -0.560. The maximum Gasteiger partial charge on any atom is 0.0499 e. The maximum absolute atomic E-state index is 10.0. The van der Waals surface area contributed by atoms with Crippen molar-refractivity contribution in [2.24, 2.45) is 41.4 Å². The lowest BCUT2D eigenvalue weighted by Crippen LogP contribution is -2.09. The summed E-state index contributed by atoms with van der Waals surface area (Å²) in [6.45, 7) is 26.0. The Bertz CT molecular complexity index is 629. The van der Waals surface area contributed by atoms with Gasteiger partial charge < -0.3 is 5.11 Å². The van der Waals surface area contributed by atoms with Crippen molar-refractivity contribution in [3.8, 4) is 0 Å². The second-order valence-electron chi connectivity index (χ2n) is 15.5. The predicted molar refractivity (Wildman–Crippen MR) is 188 cm³/mol. The lowest BCUT2D eigenvalue weighted by atomic mass is 9.88. The summed E-state index contributed by atoms with van der Waals surface area (Å²) in [5, 5.41) is 10.0. The summed E-state index contributed by atoms with van der Waals surface area (Å²) >= 11 is 0. The van der Waals surface area contributed by atoms with E-state index in [2.05, 4.69) is 75.0 Å². The second-order valence-corrected chi connectivity index (χ2v) is 15.5. The molecule has 0 rings (SSSR count). The minimum Gasteiger partial charge on any atom is -0.396 e. The molecule has 0 spiro atoms. The van der Waals surface area contributed by atoms with Gasteiger partial charge >= 0.3 is 0 Å². The first-order chi connectivity index (χ1) is 19.4. The van der Waals surface area contributed by atoms with E-state index in [4.69, 9.17) is 0 Å². The summed E-state index contributed by atoms with van der Waals surface area (Å²) in [6.07, 6.45) is 27.5. The topological polar surface area (TPSA) is 20.2 Å². The molecule has 0 aromatic carbocycles. The van der Waals surface area contributed by atoms with Crippen molar-refractivity contribution in [3.63, 3.8) is 0 Å². The van der Waals surface area contributed by atoms with Crippen LogP contribution in [0, 0.1) is 41.4 Å². The Balaban J connectivity index is 4.01. The summed E-state index contributed by atoms with van der Waals surface area (Å²) in [7, 11) is 0. The van der Waals surface area contributed by atoms with E-state index in [9.17, 15) is 5.11 Å². The number of hydrogen-bond acceptors (Lipinski definition) is 1. The van der Waals surface area contributed by atoms with Gasteiger partial charge in [-0.15, -0.1) is 0 Å². The van der Waals surface area contributed by atoms with Gasteiger partial charge in [0.1, 0.15) is 0 Å². The van der Waals surface area contributed by atoms with Gasteiger partial charge in [0.25, 0.3) is 0 Å². The summed E-state index contributed by atoms with van der Waals surface area (Å²) in [5.74, 6) is 5.36. The van der Waals surface area contributed by atoms with Crippen LogP contribution in [-0.4, -0.2) is 11.7 Å². The van der Waals surface area contributed by atoms with E-state index in [1.165, 1.54) is 120 Å². The molecule has 0 bridgehead atoms. The van der Waals surface area contributed by atoms with Crippen molar-refractivity contribution in [2.75, 3.05) is 6.61 Å². The Morgan fingerprint density at radius 2 is 0.878 bits per heavy atom. The molecule has 0 aliphatic rings. The Morgan fingerprint density at radius 3 is 1.24 bits per heavy atom. The minimum absolute atomic E-state index is 0.231. The van der Waals surface area contributed by atoms with Crippen LogP contribution >= 0.6 is 0 Å². The van der Waals surface area contributed by atoms with E-state index < -0.39 is 0 Å². The van der Waals surface area contributed by atoms with E-state index in [1.54, 1.807) is 0 Å². The molecule has 0 saturated carbocycles. The molecule has 5 atom stereocenters. The number of hydrogen-bond donors (Lipinski definition) is 1. The van der Waals surface area contributed by atoms with Crippen LogP contribution in [0.4, 0.5) is 0 Å². The largest absolute Gasteiger partial charge is 0.396 e. The van der Waals surface area contributed by atoms with Crippen LogP contribution in [0.3, 0.4) is 0 Å². The van der Waals surface area contributed by atoms with Gasteiger partial charge in [0.15, 0.2) is 0 Å². The highest BCUT2D eigenvalue weighted by molar-refractivity contribution is 5.06. The van der Waals surface area contributed by atoms with E-state index >= 15 is 0 Å². The molecular weight excluding hydrogens is 496 g/mol. The minimum atomic E-state index is 0.231. The van der Waals surface area contributed by atoms with Gasteiger partial charge in [-0.1, -0.05) is 169 Å². The molecule has 0 fully saturated rings. The standard InChI is InChI=1S/C40H78O/c1-32(2)17-11-19-34(5)21-13-22-36(7)23-14-24-37(8)27-16-28-39(10)40(31-41)30-29-38(9)26-15-25-35(6)20-12-18-33(3)4/h29,32-37,40-41H,10-28,30-31H2,1-9H3. The molecule has 244 valence electrons. The first-order valence-corrected chi connectivity index (χ1v) is 18.4. The number of aliphatic hydroxyl groups is 1. The highest BCUT2D eigenvalue weighted by atomic mass is 16.3. The molecule has 0 aromatic heterocycles. The fourth-order valence-electron chi connectivity index (χ4n) is 6.38. The van der Waals surface area contributed by atoms with Gasteiger partial charge in [-0.25, -0.2) is 0 Å². The van der Waals surface area contributed by atoms with Gasteiger partial charge in [-0.2, -0.15) is 0 Å². The average molecular weight is 575 g/mol. The number of aliphatic hydroxyl groups excluding tert-OH is 1. The second kappa shape index (κ2) is 25.9. The van der Waals surface area contributed by atoms with Crippen LogP contribution in [0.25, 0.3) is 0 Å². The van der Waals surface area contributed by atoms with Crippen LogP contribution in [0.1, 0.15) is 184 Å². The van der Waals surface area contributed by atoms with Crippen LogP contribution in [0.5, 0.6) is 0 Å². The zero-order valence-electron chi connectivity index (χ0n) is 29.9. The van der Waals surface area contributed by atoms with Crippen molar-refractivity contribution in [1.29, 1.82) is 0 Å². The quantitative estimate of drug-likeness (QED) is 0.0921. The first kappa shape index (κ1) is 40.4. The van der Waals surface area contributed by atoms with Gasteiger partial charge in [0.05, 0.1) is 0 Å². The summed E-state index contributed by atoms with van der Waals surface area (Å²) in [5.41, 5.74) is 2.75. The third-order valence-electron chi connectivity index (χ3n) is 9.76. The molecule has 1 heteroatoms. The third-order valence-corrected chi connectivity index (χ3v) is 9.76. The van der Waals surface area contributed by atoms with Crippen molar-refractivity contribution in [1.82, 2.24) is 0 Å². The molecule has 0 heterocycles. The fourth-order valence-corrected chi connectivity index (χ4v) is 6.38. The van der Waals surface area contributed by atoms with E-state index in [-0.39, 0.29) is 12.5 Å². The van der Waals surface area contributed by atoms with Crippen molar-refractivity contribution >= 4 is 0 Å². The molecule has 0 radical (unpaired) electrons. The maximum atomic E-state index is 10.0. The molecule has 41 heavy (non-hydrogen) atoms. The SMILES string of the molecule is C=C(CCCC(C)CCCC(C)CCCC(C)CCCC(C)C)C(CO)CC=C(C)CCCC(C)CCCC(C)C.